The van der Waals surface area contributed by atoms with Crippen LogP contribution >= 0.6 is 11.8 Å². The fourth-order valence-corrected chi connectivity index (χ4v) is 2.61. The number of carboxylic acids is 1. The van der Waals surface area contributed by atoms with Crippen molar-refractivity contribution in [2.45, 2.75) is 23.5 Å². The minimum absolute atomic E-state index is 0.0982. The summed E-state index contributed by atoms with van der Waals surface area (Å²) in [5, 5.41) is 21.8. The lowest BCUT2D eigenvalue weighted by atomic mass is 10.2. The summed E-state index contributed by atoms with van der Waals surface area (Å²) in [6, 6.07) is 4.13. The number of hydrogen-bond donors (Lipinski definition) is 2. The van der Waals surface area contributed by atoms with Crippen LogP contribution in [-0.2, 0) is 4.79 Å². The van der Waals surface area contributed by atoms with Gasteiger partial charge in [0.2, 0.25) is 0 Å². The number of carbonyl (C=O) groups excluding carboxylic acids is 1. The van der Waals surface area contributed by atoms with Gasteiger partial charge in [-0.3, -0.25) is 19.7 Å². The number of carbonyl (C=O) groups is 2. The van der Waals surface area contributed by atoms with E-state index in [1.165, 1.54) is 25.2 Å². The lowest BCUT2D eigenvalue weighted by molar-refractivity contribution is -0.387. The van der Waals surface area contributed by atoms with Crippen molar-refractivity contribution in [3.63, 3.8) is 0 Å². The molecule has 20 heavy (non-hydrogen) atoms. The first kappa shape index (κ1) is 16.0. The molecule has 0 aromatic heterocycles. The number of thioether (sulfide) groups is 1. The Morgan fingerprint density at radius 2 is 2.15 bits per heavy atom. The van der Waals surface area contributed by atoms with Gasteiger partial charge in [0.15, 0.2) is 0 Å². The number of rotatable bonds is 6. The quantitative estimate of drug-likeness (QED) is 0.471. The summed E-state index contributed by atoms with van der Waals surface area (Å²) in [7, 11) is 1.44. The molecule has 0 aliphatic rings. The summed E-state index contributed by atoms with van der Waals surface area (Å²) >= 11 is 1.10. The minimum atomic E-state index is -0.963. The van der Waals surface area contributed by atoms with Crippen molar-refractivity contribution < 1.29 is 19.6 Å². The standard InChI is InChI=1S/C12H14N2O5S/c1-7(5-11(15)16)20-10-4-3-8(12(17)13-2)6-9(10)14(18)19/h3-4,6-7H,5H2,1-2H3,(H,13,17)(H,15,16). The van der Waals surface area contributed by atoms with Gasteiger partial charge in [0, 0.05) is 23.9 Å². The van der Waals surface area contributed by atoms with Crippen molar-refractivity contribution in [2.24, 2.45) is 0 Å². The number of nitrogens with zero attached hydrogens (tertiary/aromatic N) is 1. The Morgan fingerprint density at radius 3 is 2.65 bits per heavy atom. The van der Waals surface area contributed by atoms with Gasteiger partial charge in [-0.1, -0.05) is 6.92 Å². The SMILES string of the molecule is CNC(=O)c1ccc(SC(C)CC(=O)O)c([N+](=O)[O-])c1. The molecule has 1 aromatic carbocycles. The molecule has 1 aromatic rings. The Balaban J connectivity index is 3.04. The van der Waals surface area contributed by atoms with Crippen molar-refractivity contribution in [3.8, 4) is 0 Å². The smallest absolute Gasteiger partial charge is 0.304 e. The van der Waals surface area contributed by atoms with Crippen LogP contribution in [0.4, 0.5) is 5.69 Å². The Morgan fingerprint density at radius 1 is 1.50 bits per heavy atom. The van der Waals surface area contributed by atoms with E-state index in [4.69, 9.17) is 5.11 Å². The molecule has 2 N–H and O–H groups in total. The van der Waals surface area contributed by atoms with Crippen molar-refractivity contribution in [3.05, 3.63) is 33.9 Å². The number of amides is 1. The van der Waals surface area contributed by atoms with E-state index in [1.54, 1.807) is 6.92 Å². The first-order valence-corrected chi connectivity index (χ1v) is 6.62. The lowest BCUT2D eigenvalue weighted by Crippen LogP contribution is -2.17. The maximum Gasteiger partial charge on any atom is 0.304 e. The zero-order valence-corrected chi connectivity index (χ0v) is 11.8. The number of nitrogens with one attached hydrogen (secondary N) is 1. The predicted molar refractivity (Wildman–Crippen MR) is 74.1 cm³/mol. The molecule has 8 heteroatoms. The molecule has 0 saturated heterocycles. The van der Waals surface area contributed by atoms with Gasteiger partial charge >= 0.3 is 5.97 Å². The van der Waals surface area contributed by atoms with E-state index in [0.29, 0.717) is 4.90 Å². The molecule has 0 radical (unpaired) electrons. The van der Waals surface area contributed by atoms with Crippen LogP contribution in [-0.4, -0.2) is 34.2 Å². The highest BCUT2D eigenvalue weighted by atomic mass is 32.2. The second-order valence-electron chi connectivity index (χ2n) is 4.05. The second kappa shape index (κ2) is 6.90. The van der Waals surface area contributed by atoms with E-state index >= 15 is 0 Å². The molecule has 0 bridgehead atoms. The largest absolute Gasteiger partial charge is 0.481 e. The van der Waals surface area contributed by atoms with Crippen LogP contribution in [0.1, 0.15) is 23.7 Å². The molecule has 0 fully saturated rings. The number of benzene rings is 1. The van der Waals surface area contributed by atoms with E-state index in [0.717, 1.165) is 11.8 Å². The van der Waals surface area contributed by atoms with Crippen molar-refractivity contribution in [2.75, 3.05) is 7.05 Å². The number of nitro groups is 1. The monoisotopic (exact) mass is 298 g/mol. The van der Waals surface area contributed by atoms with Crippen molar-refractivity contribution in [1.29, 1.82) is 0 Å². The Kier molecular flexibility index (Phi) is 5.51. The highest BCUT2D eigenvalue weighted by Crippen LogP contribution is 2.33. The molecule has 0 spiro atoms. The van der Waals surface area contributed by atoms with Crippen LogP contribution in [0.15, 0.2) is 23.1 Å². The molecule has 0 heterocycles. The first-order valence-electron chi connectivity index (χ1n) is 5.74. The zero-order valence-electron chi connectivity index (χ0n) is 11.0. The number of nitro benzene ring substituents is 1. The third kappa shape index (κ3) is 4.23. The van der Waals surface area contributed by atoms with E-state index < -0.39 is 16.8 Å². The highest BCUT2D eigenvalue weighted by molar-refractivity contribution is 8.00. The molecule has 7 nitrogen and oxygen atoms in total. The molecule has 0 aliphatic carbocycles. The Labute approximate surface area is 119 Å². The fourth-order valence-electron chi connectivity index (χ4n) is 1.55. The van der Waals surface area contributed by atoms with Gasteiger partial charge in [-0.05, 0) is 12.1 Å². The summed E-state index contributed by atoms with van der Waals surface area (Å²) in [4.78, 5) is 32.8. The Hall–Kier alpha value is -2.09. The maximum atomic E-state index is 11.4. The van der Waals surface area contributed by atoms with Crippen LogP contribution in [0.3, 0.4) is 0 Å². The third-order valence-electron chi connectivity index (χ3n) is 2.44. The van der Waals surface area contributed by atoms with Gasteiger partial charge in [-0.2, -0.15) is 0 Å². The number of aliphatic carboxylic acids is 1. The highest BCUT2D eigenvalue weighted by Gasteiger charge is 2.20. The third-order valence-corrected chi connectivity index (χ3v) is 3.60. The van der Waals surface area contributed by atoms with Crippen LogP contribution in [0.5, 0.6) is 0 Å². The average molecular weight is 298 g/mol. The predicted octanol–water partition coefficient (Wildman–Crippen LogP) is 1.91. The van der Waals surface area contributed by atoms with Crippen LogP contribution in [0.25, 0.3) is 0 Å². The van der Waals surface area contributed by atoms with Crippen molar-refractivity contribution in [1.82, 2.24) is 5.32 Å². The number of hydrogen-bond acceptors (Lipinski definition) is 5. The topological polar surface area (TPSA) is 110 Å². The molecule has 1 rings (SSSR count). The summed E-state index contributed by atoms with van der Waals surface area (Å²) in [5.41, 5.74) is -0.0113. The molecule has 0 aliphatic heterocycles. The zero-order chi connectivity index (χ0) is 15.3. The van der Waals surface area contributed by atoms with Crippen LogP contribution in [0.2, 0.25) is 0 Å². The maximum absolute atomic E-state index is 11.4. The van der Waals surface area contributed by atoms with Gasteiger partial charge in [0.1, 0.15) is 0 Å². The molecule has 1 unspecified atom stereocenters. The molecule has 1 atom stereocenters. The van der Waals surface area contributed by atoms with Gasteiger partial charge < -0.3 is 10.4 Å². The van der Waals surface area contributed by atoms with Crippen molar-refractivity contribution >= 4 is 29.3 Å². The molecule has 1 amide bonds. The van der Waals surface area contributed by atoms with Crippen LogP contribution in [0, 0.1) is 10.1 Å². The summed E-state index contributed by atoms with van der Waals surface area (Å²) < 4.78 is 0. The van der Waals surface area contributed by atoms with E-state index in [1.807, 2.05) is 0 Å². The molecule has 108 valence electrons. The van der Waals surface area contributed by atoms with Gasteiger partial charge in [-0.15, -0.1) is 11.8 Å². The number of carboxylic acid groups (broad SMARTS) is 1. The normalized spacial score (nSPS) is 11.7. The minimum Gasteiger partial charge on any atom is -0.481 e. The molecular weight excluding hydrogens is 284 g/mol. The Bertz CT molecular complexity index is 547. The first-order chi connectivity index (χ1) is 9.35. The van der Waals surface area contributed by atoms with E-state index in [9.17, 15) is 19.7 Å². The molecular formula is C12H14N2O5S. The van der Waals surface area contributed by atoms with E-state index in [2.05, 4.69) is 5.32 Å². The fraction of sp³-hybridized carbons (Fsp3) is 0.333. The van der Waals surface area contributed by atoms with E-state index in [-0.39, 0.29) is 22.9 Å². The van der Waals surface area contributed by atoms with Gasteiger partial charge in [0.25, 0.3) is 11.6 Å². The van der Waals surface area contributed by atoms with Gasteiger partial charge in [-0.25, -0.2) is 0 Å². The van der Waals surface area contributed by atoms with Gasteiger partial charge in [0.05, 0.1) is 16.2 Å². The summed E-state index contributed by atoms with van der Waals surface area (Å²) in [6.45, 7) is 1.68. The summed E-state index contributed by atoms with van der Waals surface area (Å²) in [6.07, 6.45) is -0.0982. The average Bonchev–Trinajstić information content (AvgIpc) is 2.36. The molecule has 0 saturated carbocycles. The second-order valence-corrected chi connectivity index (χ2v) is 5.53. The summed E-state index contributed by atoms with van der Waals surface area (Å²) in [5.74, 6) is -1.38. The van der Waals surface area contributed by atoms with Crippen LogP contribution < -0.4 is 5.32 Å². The lowest BCUT2D eigenvalue weighted by Gasteiger charge is -2.09.